The first-order chi connectivity index (χ1) is 13.5. The van der Waals surface area contributed by atoms with Gasteiger partial charge in [0.1, 0.15) is 0 Å². The number of anilines is 1. The van der Waals surface area contributed by atoms with Crippen molar-refractivity contribution in [2.24, 2.45) is 4.99 Å². The number of halogens is 4. The average molecular weight is 522 g/mol. The zero-order chi connectivity index (χ0) is 20.0. The maximum Gasteiger partial charge on any atom is 0.416 e. The first-order valence-corrected chi connectivity index (χ1v) is 9.32. The highest BCUT2D eigenvalue weighted by Gasteiger charge is 2.31. The number of aryl methyl sites for hydroxylation is 1. The number of guanidine groups is 1. The fourth-order valence-corrected chi connectivity index (χ4v) is 3.26. The molecule has 29 heavy (non-hydrogen) atoms. The lowest BCUT2D eigenvalue weighted by molar-refractivity contribution is -0.137. The van der Waals surface area contributed by atoms with Crippen molar-refractivity contribution < 1.29 is 13.2 Å². The van der Waals surface area contributed by atoms with Crippen LogP contribution in [0.25, 0.3) is 0 Å². The second kappa shape index (κ2) is 10.7. The first kappa shape index (κ1) is 23.3. The van der Waals surface area contributed by atoms with Gasteiger partial charge in [-0.1, -0.05) is 6.07 Å². The molecular weight excluding hydrogens is 496 g/mol. The van der Waals surface area contributed by atoms with Crippen molar-refractivity contribution in [1.29, 1.82) is 0 Å². The summed E-state index contributed by atoms with van der Waals surface area (Å²) in [6, 6.07) is 7.42. The van der Waals surface area contributed by atoms with E-state index in [1.807, 2.05) is 21.8 Å². The number of nitrogens with zero attached hydrogens (tertiary/aromatic N) is 5. The van der Waals surface area contributed by atoms with Crippen LogP contribution in [0.4, 0.5) is 18.9 Å². The number of benzene rings is 1. The van der Waals surface area contributed by atoms with Crippen molar-refractivity contribution in [2.75, 3.05) is 44.7 Å². The van der Waals surface area contributed by atoms with Crippen LogP contribution in [0.2, 0.25) is 0 Å². The third kappa shape index (κ3) is 6.51. The first-order valence-electron chi connectivity index (χ1n) is 9.32. The molecule has 160 valence electrons. The third-order valence-corrected chi connectivity index (χ3v) is 4.74. The quantitative estimate of drug-likeness (QED) is 0.284. The molecule has 10 heteroatoms. The van der Waals surface area contributed by atoms with Gasteiger partial charge in [-0.25, -0.2) is 0 Å². The molecule has 3 rings (SSSR count). The number of piperazine rings is 1. The van der Waals surface area contributed by atoms with Gasteiger partial charge in [-0.3, -0.25) is 9.67 Å². The summed E-state index contributed by atoms with van der Waals surface area (Å²) in [7, 11) is 1.75. The molecule has 0 bridgehead atoms. The lowest BCUT2D eigenvalue weighted by Crippen LogP contribution is -2.52. The molecular formula is C19H26F3IN6. The van der Waals surface area contributed by atoms with Crippen molar-refractivity contribution in [3.05, 3.63) is 48.3 Å². The topological polar surface area (TPSA) is 48.7 Å². The highest BCUT2D eigenvalue weighted by atomic mass is 127. The zero-order valence-corrected chi connectivity index (χ0v) is 18.6. The molecule has 1 N–H and O–H groups in total. The Morgan fingerprint density at radius 1 is 1.17 bits per heavy atom. The van der Waals surface area contributed by atoms with Crippen LogP contribution < -0.4 is 10.2 Å². The van der Waals surface area contributed by atoms with Crippen molar-refractivity contribution in [3.8, 4) is 0 Å². The Morgan fingerprint density at radius 3 is 2.55 bits per heavy atom. The van der Waals surface area contributed by atoms with Crippen LogP contribution in [0.5, 0.6) is 0 Å². The lowest BCUT2D eigenvalue weighted by atomic mass is 10.1. The Labute approximate surface area is 185 Å². The van der Waals surface area contributed by atoms with Crippen LogP contribution >= 0.6 is 24.0 Å². The molecule has 0 amide bonds. The second-order valence-corrected chi connectivity index (χ2v) is 6.62. The van der Waals surface area contributed by atoms with Gasteiger partial charge in [-0.2, -0.15) is 18.3 Å². The maximum absolute atomic E-state index is 12.9. The predicted molar refractivity (Wildman–Crippen MR) is 119 cm³/mol. The highest BCUT2D eigenvalue weighted by molar-refractivity contribution is 14.0. The number of aliphatic imine (C=N–C) groups is 1. The van der Waals surface area contributed by atoms with E-state index in [4.69, 9.17) is 0 Å². The predicted octanol–water partition coefficient (Wildman–Crippen LogP) is 3.31. The molecule has 0 unspecified atom stereocenters. The van der Waals surface area contributed by atoms with Gasteiger partial charge in [0.15, 0.2) is 5.96 Å². The highest BCUT2D eigenvalue weighted by Crippen LogP contribution is 2.31. The minimum Gasteiger partial charge on any atom is -0.368 e. The Kier molecular flexibility index (Phi) is 8.60. The molecule has 0 atom stereocenters. The van der Waals surface area contributed by atoms with E-state index in [-0.39, 0.29) is 24.0 Å². The summed E-state index contributed by atoms with van der Waals surface area (Å²) in [6.07, 6.45) is 0.295. The summed E-state index contributed by atoms with van der Waals surface area (Å²) in [5, 5.41) is 7.53. The molecule has 1 aromatic carbocycles. The fraction of sp³-hybridized carbons (Fsp3) is 0.474. The van der Waals surface area contributed by atoms with Crippen LogP contribution in [-0.2, 0) is 12.7 Å². The Bertz CT molecular complexity index is 771. The second-order valence-electron chi connectivity index (χ2n) is 6.62. The largest absolute Gasteiger partial charge is 0.416 e. The van der Waals surface area contributed by atoms with Crippen molar-refractivity contribution in [1.82, 2.24) is 20.0 Å². The Balaban J connectivity index is 0.00000300. The van der Waals surface area contributed by atoms with Gasteiger partial charge in [-0.15, -0.1) is 24.0 Å². The van der Waals surface area contributed by atoms with Crippen molar-refractivity contribution in [3.63, 3.8) is 0 Å². The molecule has 2 aromatic rings. The van der Waals surface area contributed by atoms with E-state index in [1.54, 1.807) is 19.3 Å². The molecule has 0 aliphatic carbocycles. The molecule has 1 aliphatic heterocycles. The van der Waals surface area contributed by atoms with Gasteiger partial charge in [-0.05, 0) is 30.7 Å². The zero-order valence-electron chi connectivity index (χ0n) is 16.3. The summed E-state index contributed by atoms with van der Waals surface area (Å²) >= 11 is 0. The van der Waals surface area contributed by atoms with Crippen molar-refractivity contribution in [2.45, 2.75) is 19.1 Å². The number of aromatic nitrogens is 2. The SMILES string of the molecule is CN=C(NCCCn1cccn1)N1CCN(c2cccc(C(F)(F)F)c2)CC1.I. The molecule has 0 radical (unpaired) electrons. The van der Waals surface area contributed by atoms with E-state index in [9.17, 15) is 13.2 Å². The average Bonchev–Trinajstić information content (AvgIpc) is 3.21. The van der Waals surface area contributed by atoms with Crippen LogP contribution in [-0.4, -0.2) is 60.4 Å². The van der Waals surface area contributed by atoms with E-state index < -0.39 is 11.7 Å². The molecule has 0 spiro atoms. The third-order valence-electron chi connectivity index (χ3n) is 4.74. The van der Waals surface area contributed by atoms with Crippen LogP contribution in [0, 0.1) is 0 Å². The monoisotopic (exact) mass is 522 g/mol. The standard InChI is InChI=1S/C19H25F3N6.HI/c1-23-18(24-7-3-9-28-10-4-8-25-28)27-13-11-26(12-14-27)17-6-2-5-16(15-17)19(20,21)22;/h2,4-6,8,10,15H,3,7,9,11-14H2,1H3,(H,23,24);1H. The number of nitrogens with one attached hydrogen (secondary N) is 1. The molecule has 2 heterocycles. The van der Waals surface area contributed by atoms with E-state index >= 15 is 0 Å². The molecule has 6 nitrogen and oxygen atoms in total. The summed E-state index contributed by atoms with van der Waals surface area (Å²) in [5.41, 5.74) is -0.00117. The van der Waals surface area contributed by atoms with Gasteiger partial charge >= 0.3 is 6.18 Å². The smallest absolute Gasteiger partial charge is 0.368 e. The minimum atomic E-state index is -4.32. The van der Waals surface area contributed by atoms with Crippen LogP contribution in [0.3, 0.4) is 0 Å². The van der Waals surface area contributed by atoms with Crippen molar-refractivity contribution >= 4 is 35.6 Å². The molecule has 1 saturated heterocycles. The summed E-state index contributed by atoms with van der Waals surface area (Å²) in [6.45, 7) is 4.31. The number of hydrogen-bond donors (Lipinski definition) is 1. The van der Waals surface area contributed by atoms with E-state index in [1.165, 1.54) is 12.1 Å². The fourth-order valence-electron chi connectivity index (χ4n) is 3.26. The van der Waals surface area contributed by atoms with Crippen LogP contribution in [0.1, 0.15) is 12.0 Å². The summed E-state index contributed by atoms with van der Waals surface area (Å²) in [5.74, 6) is 0.823. The molecule has 1 fully saturated rings. The normalized spacial score (nSPS) is 15.2. The molecule has 0 saturated carbocycles. The maximum atomic E-state index is 12.9. The van der Waals surface area contributed by atoms with Gasteiger partial charge in [0, 0.05) is 64.4 Å². The van der Waals surface area contributed by atoms with Gasteiger partial charge < -0.3 is 15.1 Å². The lowest BCUT2D eigenvalue weighted by Gasteiger charge is -2.37. The number of hydrogen-bond acceptors (Lipinski definition) is 3. The van der Waals surface area contributed by atoms with Gasteiger partial charge in [0.05, 0.1) is 5.56 Å². The van der Waals surface area contributed by atoms with Gasteiger partial charge in [0.2, 0.25) is 0 Å². The van der Waals surface area contributed by atoms with Crippen LogP contribution in [0.15, 0.2) is 47.7 Å². The number of rotatable bonds is 5. The van der Waals surface area contributed by atoms with E-state index in [0.717, 1.165) is 31.5 Å². The Morgan fingerprint density at radius 2 is 1.93 bits per heavy atom. The summed E-state index contributed by atoms with van der Waals surface area (Å²) in [4.78, 5) is 8.45. The molecule has 1 aliphatic rings. The van der Waals surface area contributed by atoms with Gasteiger partial charge in [0.25, 0.3) is 0 Å². The number of alkyl halides is 3. The van der Waals surface area contributed by atoms with E-state index in [0.29, 0.717) is 31.9 Å². The molecule has 1 aromatic heterocycles. The Hall–Kier alpha value is -1.98. The minimum absolute atomic E-state index is 0. The van der Waals surface area contributed by atoms with E-state index in [2.05, 4.69) is 20.3 Å². The summed E-state index contributed by atoms with van der Waals surface area (Å²) < 4.78 is 40.7.